The molecule has 5 heteroatoms. The van der Waals surface area contributed by atoms with E-state index in [0.717, 1.165) is 0 Å². The van der Waals surface area contributed by atoms with E-state index in [1.807, 2.05) is 0 Å². The lowest BCUT2D eigenvalue weighted by atomic mass is 10.1. The van der Waals surface area contributed by atoms with E-state index < -0.39 is 25.9 Å². The van der Waals surface area contributed by atoms with E-state index in [4.69, 9.17) is 8.23 Å². The van der Waals surface area contributed by atoms with Gasteiger partial charge in [0.15, 0.2) is 16.6 Å². The van der Waals surface area contributed by atoms with Crippen LogP contribution in [0, 0.1) is 0 Å². The van der Waals surface area contributed by atoms with Crippen molar-refractivity contribution in [3.05, 3.63) is 0 Å². The van der Waals surface area contributed by atoms with Crippen LogP contribution in [0.1, 0.15) is 45.4 Å². The minimum Gasteiger partial charge on any atom is -0.436 e. The standard InChI is InChI=1S/C14H35O2Si3/c1-8-9-10-11-12-13-14-17(15-18(2,3)4)16-19(5,6)7/h8-14H2,1-7H3. The molecule has 0 amide bonds. The molecule has 2 nitrogen and oxygen atoms in total. The first kappa shape index (κ1) is 19.6. The van der Waals surface area contributed by atoms with Crippen molar-refractivity contribution in [3.63, 3.8) is 0 Å². The van der Waals surface area contributed by atoms with Crippen LogP contribution in [0.2, 0.25) is 45.3 Å². The van der Waals surface area contributed by atoms with E-state index in [0.29, 0.717) is 0 Å². The molecule has 0 fully saturated rings. The monoisotopic (exact) mass is 319 g/mol. The van der Waals surface area contributed by atoms with E-state index in [-0.39, 0.29) is 0 Å². The van der Waals surface area contributed by atoms with Gasteiger partial charge in [-0.05, 0) is 45.3 Å². The molecule has 0 heterocycles. The van der Waals surface area contributed by atoms with E-state index >= 15 is 0 Å². The largest absolute Gasteiger partial charge is 0.436 e. The Morgan fingerprint density at radius 1 is 0.684 bits per heavy atom. The fourth-order valence-corrected chi connectivity index (χ4v) is 9.22. The number of hydrogen-bond donors (Lipinski definition) is 0. The molecular formula is C14H35O2Si3. The molecule has 0 saturated heterocycles. The third-order valence-corrected chi connectivity index (χ3v) is 10.1. The maximum absolute atomic E-state index is 6.29. The second-order valence-corrected chi connectivity index (χ2v) is 18.6. The third kappa shape index (κ3) is 14.8. The molecule has 0 bridgehead atoms. The first-order valence-electron chi connectivity index (χ1n) is 7.88. The Labute approximate surface area is 125 Å². The van der Waals surface area contributed by atoms with Crippen LogP contribution in [-0.4, -0.2) is 25.9 Å². The van der Waals surface area contributed by atoms with Gasteiger partial charge in [-0.15, -0.1) is 0 Å². The fraction of sp³-hybridized carbons (Fsp3) is 1.00. The van der Waals surface area contributed by atoms with Gasteiger partial charge in [0.1, 0.15) is 0 Å². The predicted molar refractivity (Wildman–Crippen MR) is 92.8 cm³/mol. The zero-order valence-electron chi connectivity index (χ0n) is 14.3. The van der Waals surface area contributed by atoms with E-state index in [1.165, 1.54) is 44.6 Å². The second kappa shape index (κ2) is 9.50. The lowest BCUT2D eigenvalue weighted by Gasteiger charge is -2.29. The van der Waals surface area contributed by atoms with Crippen LogP contribution >= 0.6 is 0 Å². The SMILES string of the molecule is CCCCCCCC[Si](O[Si](C)(C)C)O[Si](C)(C)C. The zero-order chi connectivity index (χ0) is 14.9. The van der Waals surface area contributed by atoms with Crippen LogP contribution in [0.15, 0.2) is 0 Å². The smallest absolute Gasteiger partial charge is 0.362 e. The van der Waals surface area contributed by atoms with Crippen molar-refractivity contribution in [2.45, 2.75) is 90.8 Å². The highest BCUT2D eigenvalue weighted by Crippen LogP contribution is 2.17. The molecule has 0 aliphatic rings. The molecule has 0 unspecified atom stereocenters. The Bertz CT molecular complexity index is 206. The molecule has 0 rings (SSSR count). The lowest BCUT2D eigenvalue weighted by Crippen LogP contribution is -2.43. The molecule has 0 spiro atoms. The maximum atomic E-state index is 6.29. The predicted octanol–water partition coefficient (Wildman–Crippen LogP) is 5.54. The molecule has 0 aromatic rings. The van der Waals surface area contributed by atoms with Gasteiger partial charge < -0.3 is 8.23 Å². The molecule has 19 heavy (non-hydrogen) atoms. The van der Waals surface area contributed by atoms with E-state index in [1.54, 1.807) is 0 Å². The average Bonchev–Trinajstić information content (AvgIpc) is 2.18. The van der Waals surface area contributed by atoms with E-state index in [2.05, 4.69) is 46.2 Å². The Kier molecular flexibility index (Phi) is 9.78. The number of hydrogen-bond acceptors (Lipinski definition) is 2. The van der Waals surface area contributed by atoms with Crippen molar-refractivity contribution < 1.29 is 8.23 Å². The Morgan fingerprint density at radius 2 is 1.11 bits per heavy atom. The molecule has 0 aromatic carbocycles. The highest BCUT2D eigenvalue weighted by Gasteiger charge is 2.29. The summed E-state index contributed by atoms with van der Waals surface area (Å²) < 4.78 is 12.6. The van der Waals surface area contributed by atoms with Crippen LogP contribution < -0.4 is 0 Å². The molecule has 0 aliphatic heterocycles. The molecule has 1 radical (unpaired) electrons. The van der Waals surface area contributed by atoms with Gasteiger partial charge in [0.05, 0.1) is 0 Å². The fourth-order valence-electron chi connectivity index (χ4n) is 1.86. The molecule has 0 saturated carbocycles. The van der Waals surface area contributed by atoms with Gasteiger partial charge >= 0.3 is 9.28 Å². The van der Waals surface area contributed by atoms with Crippen molar-refractivity contribution in [2.75, 3.05) is 0 Å². The van der Waals surface area contributed by atoms with E-state index in [9.17, 15) is 0 Å². The molecule has 0 N–H and O–H groups in total. The summed E-state index contributed by atoms with van der Waals surface area (Å²) in [6, 6.07) is 1.17. The first-order valence-corrected chi connectivity index (χ1v) is 16.2. The zero-order valence-corrected chi connectivity index (χ0v) is 17.3. The molecule has 0 aliphatic carbocycles. The summed E-state index contributed by atoms with van der Waals surface area (Å²) in [5.74, 6) is 0. The molecule has 0 aromatic heterocycles. The summed E-state index contributed by atoms with van der Waals surface area (Å²) in [6.07, 6.45) is 8.11. The van der Waals surface area contributed by atoms with Gasteiger partial charge in [-0.1, -0.05) is 45.4 Å². The van der Waals surface area contributed by atoms with Crippen LogP contribution in [0.4, 0.5) is 0 Å². The summed E-state index contributed by atoms with van der Waals surface area (Å²) in [6.45, 7) is 15.9. The van der Waals surface area contributed by atoms with Crippen molar-refractivity contribution >= 4 is 25.9 Å². The van der Waals surface area contributed by atoms with Gasteiger partial charge in [0, 0.05) is 0 Å². The van der Waals surface area contributed by atoms with Gasteiger partial charge in [0.2, 0.25) is 0 Å². The minimum absolute atomic E-state index is 1.03. The highest BCUT2D eigenvalue weighted by atomic mass is 28.4. The number of rotatable bonds is 11. The normalized spacial score (nSPS) is 13.3. The van der Waals surface area contributed by atoms with Crippen molar-refractivity contribution in [2.24, 2.45) is 0 Å². The quantitative estimate of drug-likeness (QED) is 0.368. The summed E-state index contributed by atoms with van der Waals surface area (Å²) >= 11 is 0. The average molecular weight is 320 g/mol. The Hall–Kier alpha value is 0.571. The molecule has 115 valence electrons. The summed E-state index contributed by atoms with van der Waals surface area (Å²) in [5.41, 5.74) is 0. The summed E-state index contributed by atoms with van der Waals surface area (Å²) in [7, 11) is -3.95. The third-order valence-electron chi connectivity index (χ3n) is 2.57. The van der Waals surface area contributed by atoms with Crippen molar-refractivity contribution in [1.29, 1.82) is 0 Å². The van der Waals surface area contributed by atoms with Crippen LogP contribution in [0.25, 0.3) is 0 Å². The Balaban J connectivity index is 3.99. The van der Waals surface area contributed by atoms with Gasteiger partial charge in [-0.3, -0.25) is 0 Å². The molecular weight excluding hydrogens is 284 g/mol. The summed E-state index contributed by atoms with van der Waals surface area (Å²) in [4.78, 5) is 0. The highest BCUT2D eigenvalue weighted by molar-refractivity contribution is 6.81. The summed E-state index contributed by atoms with van der Waals surface area (Å²) in [5, 5.41) is 0. The van der Waals surface area contributed by atoms with Gasteiger partial charge in [-0.2, -0.15) is 0 Å². The maximum Gasteiger partial charge on any atom is 0.362 e. The van der Waals surface area contributed by atoms with Gasteiger partial charge in [0.25, 0.3) is 0 Å². The van der Waals surface area contributed by atoms with Crippen LogP contribution in [0.3, 0.4) is 0 Å². The first-order chi connectivity index (χ1) is 8.64. The Morgan fingerprint density at radius 3 is 1.53 bits per heavy atom. The van der Waals surface area contributed by atoms with Gasteiger partial charge in [-0.25, -0.2) is 0 Å². The number of unbranched alkanes of at least 4 members (excludes halogenated alkanes) is 5. The molecule has 0 atom stereocenters. The minimum atomic E-state index is -1.46. The van der Waals surface area contributed by atoms with Crippen LogP contribution in [0.5, 0.6) is 0 Å². The second-order valence-electron chi connectivity index (χ2n) is 7.32. The van der Waals surface area contributed by atoms with Crippen LogP contribution in [-0.2, 0) is 8.23 Å². The topological polar surface area (TPSA) is 18.5 Å². The van der Waals surface area contributed by atoms with Crippen molar-refractivity contribution in [3.8, 4) is 0 Å². The van der Waals surface area contributed by atoms with Crippen molar-refractivity contribution in [1.82, 2.24) is 0 Å². The lowest BCUT2D eigenvalue weighted by molar-refractivity contribution is 0.413.